The van der Waals surface area contributed by atoms with Gasteiger partial charge in [-0.05, 0) is 68.1 Å². The van der Waals surface area contributed by atoms with Crippen LogP contribution >= 0.6 is 12.2 Å². The van der Waals surface area contributed by atoms with Crippen LogP contribution in [0.3, 0.4) is 0 Å². The molecule has 1 aliphatic rings. The third kappa shape index (κ3) is 5.32. The minimum atomic E-state index is -0.0763. The molecule has 1 aromatic heterocycles. The number of nitrogens with zero attached hydrogens (tertiary/aromatic N) is 1. The van der Waals surface area contributed by atoms with Crippen molar-refractivity contribution in [2.24, 2.45) is 0 Å². The van der Waals surface area contributed by atoms with Gasteiger partial charge in [-0.25, -0.2) is 0 Å². The molecule has 1 fully saturated rings. The molecule has 0 bridgehead atoms. The number of H-pyrrole nitrogens is 1. The smallest absolute Gasteiger partial charge is 0.253 e. The Morgan fingerprint density at radius 3 is 2.81 bits per heavy atom. The second-order valence-electron chi connectivity index (χ2n) is 8.31. The third-order valence-electron chi connectivity index (χ3n) is 5.81. The Morgan fingerprint density at radius 1 is 1.26 bits per heavy atom. The Kier molecular flexibility index (Phi) is 6.68. The number of ether oxygens (including phenoxy) is 1. The fourth-order valence-corrected chi connectivity index (χ4v) is 4.37. The first-order chi connectivity index (χ1) is 15.0. The van der Waals surface area contributed by atoms with Gasteiger partial charge in [-0.15, -0.1) is 0 Å². The number of benzene rings is 2. The van der Waals surface area contributed by atoms with E-state index in [1.807, 2.05) is 36.4 Å². The van der Waals surface area contributed by atoms with Crippen molar-refractivity contribution in [2.45, 2.75) is 45.4 Å². The largest absolute Gasteiger partial charge is 0.376 e. The predicted octanol–water partition coefficient (Wildman–Crippen LogP) is 4.45. The molecule has 31 heavy (non-hydrogen) atoms. The standard InChI is InChI=1S/C25H29N3O2S/c1-17-10-11-23-20(13-17)14-21(24(29)27-23)15-28(16-22-9-6-12-30-22)25(31)26-18(2)19-7-4-3-5-8-19/h3-5,7-8,10-11,13-14,18,22H,6,9,12,15-16H2,1-2H3,(H,26,31)(H,27,29)/t18-,22-/m0/s1. The van der Waals surface area contributed by atoms with Crippen LogP contribution in [0, 0.1) is 6.92 Å². The lowest BCUT2D eigenvalue weighted by molar-refractivity contribution is 0.0895. The van der Waals surface area contributed by atoms with E-state index in [2.05, 4.69) is 47.2 Å². The van der Waals surface area contributed by atoms with Gasteiger partial charge in [-0.1, -0.05) is 42.0 Å². The van der Waals surface area contributed by atoms with Gasteiger partial charge in [-0.3, -0.25) is 4.79 Å². The minimum absolute atomic E-state index is 0.0678. The number of hydrogen-bond acceptors (Lipinski definition) is 3. The van der Waals surface area contributed by atoms with Gasteiger partial charge in [0.25, 0.3) is 5.56 Å². The molecule has 4 rings (SSSR count). The molecule has 0 aliphatic carbocycles. The maximum absolute atomic E-state index is 12.8. The van der Waals surface area contributed by atoms with E-state index >= 15 is 0 Å². The summed E-state index contributed by atoms with van der Waals surface area (Å²) in [4.78, 5) is 17.9. The van der Waals surface area contributed by atoms with Crippen molar-refractivity contribution < 1.29 is 4.74 Å². The molecule has 2 heterocycles. The van der Waals surface area contributed by atoms with Crippen molar-refractivity contribution in [1.29, 1.82) is 0 Å². The van der Waals surface area contributed by atoms with Gasteiger partial charge in [0.1, 0.15) is 0 Å². The summed E-state index contributed by atoms with van der Waals surface area (Å²) in [6.07, 6.45) is 2.21. The van der Waals surface area contributed by atoms with Gasteiger partial charge in [-0.2, -0.15) is 0 Å². The van der Waals surface area contributed by atoms with Crippen molar-refractivity contribution in [2.75, 3.05) is 13.2 Å². The second kappa shape index (κ2) is 9.62. The molecule has 2 aromatic carbocycles. The van der Waals surface area contributed by atoms with E-state index in [9.17, 15) is 4.79 Å². The fraction of sp³-hybridized carbons (Fsp3) is 0.360. The topological polar surface area (TPSA) is 57.4 Å². The first kappa shape index (κ1) is 21.5. The molecule has 0 spiro atoms. The van der Waals surface area contributed by atoms with E-state index in [1.165, 1.54) is 5.56 Å². The molecule has 2 N–H and O–H groups in total. The molecule has 3 aromatic rings. The Labute approximate surface area is 188 Å². The van der Waals surface area contributed by atoms with E-state index < -0.39 is 0 Å². The Bertz CT molecular complexity index is 1110. The van der Waals surface area contributed by atoms with Crippen molar-refractivity contribution in [3.63, 3.8) is 0 Å². The normalized spacial score (nSPS) is 16.9. The van der Waals surface area contributed by atoms with Crippen LogP contribution in [-0.4, -0.2) is 34.3 Å². The highest BCUT2D eigenvalue weighted by atomic mass is 32.1. The molecule has 162 valence electrons. The molecule has 0 amide bonds. The van der Waals surface area contributed by atoms with Crippen LogP contribution in [-0.2, 0) is 11.3 Å². The average molecular weight is 436 g/mol. The summed E-state index contributed by atoms with van der Waals surface area (Å²) in [5.74, 6) is 0. The van der Waals surface area contributed by atoms with Crippen molar-refractivity contribution >= 4 is 28.2 Å². The number of fused-ring (bicyclic) bond motifs is 1. The molecular formula is C25H29N3O2S. The van der Waals surface area contributed by atoms with Gasteiger partial charge in [0, 0.05) is 24.2 Å². The van der Waals surface area contributed by atoms with Crippen molar-refractivity contribution in [3.05, 3.63) is 81.6 Å². The molecule has 0 radical (unpaired) electrons. The zero-order chi connectivity index (χ0) is 21.8. The molecule has 0 saturated carbocycles. The summed E-state index contributed by atoms with van der Waals surface area (Å²) >= 11 is 5.79. The zero-order valence-electron chi connectivity index (χ0n) is 18.1. The van der Waals surface area contributed by atoms with Crippen LogP contribution in [0.15, 0.2) is 59.4 Å². The SMILES string of the molecule is Cc1ccc2[nH]c(=O)c(CN(C[C@@H]3CCCO3)C(=S)N[C@@H](C)c3ccccc3)cc2c1. The summed E-state index contributed by atoms with van der Waals surface area (Å²) in [6.45, 7) is 6.04. The summed E-state index contributed by atoms with van der Waals surface area (Å²) in [7, 11) is 0. The highest BCUT2D eigenvalue weighted by Gasteiger charge is 2.23. The number of rotatable bonds is 6. The number of aromatic amines is 1. The molecule has 2 atom stereocenters. The highest BCUT2D eigenvalue weighted by Crippen LogP contribution is 2.18. The lowest BCUT2D eigenvalue weighted by Gasteiger charge is -2.30. The van der Waals surface area contributed by atoms with Crippen LogP contribution in [0.2, 0.25) is 0 Å². The van der Waals surface area contributed by atoms with Crippen LogP contribution in [0.5, 0.6) is 0 Å². The molecule has 5 nitrogen and oxygen atoms in total. The highest BCUT2D eigenvalue weighted by molar-refractivity contribution is 7.80. The zero-order valence-corrected chi connectivity index (χ0v) is 18.9. The number of pyridine rings is 1. The summed E-state index contributed by atoms with van der Waals surface area (Å²) in [5, 5.41) is 5.11. The Hall–Kier alpha value is -2.70. The van der Waals surface area contributed by atoms with Crippen LogP contribution < -0.4 is 10.9 Å². The molecule has 1 saturated heterocycles. The molecule has 6 heteroatoms. The van der Waals surface area contributed by atoms with Crippen LogP contribution in [0.4, 0.5) is 0 Å². The summed E-state index contributed by atoms with van der Waals surface area (Å²) in [5.41, 5.74) is 3.81. The van der Waals surface area contributed by atoms with Gasteiger partial charge in [0.05, 0.1) is 18.7 Å². The number of thiocarbonyl (C=S) groups is 1. The summed E-state index contributed by atoms with van der Waals surface area (Å²) < 4.78 is 5.86. The Morgan fingerprint density at radius 2 is 2.06 bits per heavy atom. The van der Waals surface area contributed by atoms with E-state index in [0.29, 0.717) is 23.8 Å². The van der Waals surface area contributed by atoms with Crippen LogP contribution in [0.25, 0.3) is 10.9 Å². The van der Waals surface area contributed by atoms with E-state index in [-0.39, 0.29) is 17.7 Å². The molecular weight excluding hydrogens is 406 g/mol. The average Bonchev–Trinajstić information content (AvgIpc) is 3.27. The minimum Gasteiger partial charge on any atom is -0.376 e. The third-order valence-corrected chi connectivity index (χ3v) is 6.19. The molecule has 1 aliphatic heterocycles. The van der Waals surface area contributed by atoms with Crippen molar-refractivity contribution in [1.82, 2.24) is 15.2 Å². The van der Waals surface area contributed by atoms with E-state index in [1.54, 1.807) is 0 Å². The van der Waals surface area contributed by atoms with Crippen molar-refractivity contribution in [3.8, 4) is 0 Å². The predicted molar refractivity (Wildman–Crippen MR) is 129 cm³/mol. The van der Waals surface area contributed by atoms with Gasteiger partial charge < -0.3 is 19.9 Å². The van der Waals surface area contributed by atoms with E-state index in [0.717, 1.165) is 35.9 Å². The number of aromatic nitrogens is 1. The van der Waals surface area contributed by atoms with Crippen LogP contribution in [0.1, 0.15) is 42.5 Å². The van der Waals surface area contributed by atoms with Gasteiger partial charge in [0.2, 0.25) is 0 Å². The lowest BCUT2D eigenvalue weighted by atomic mass is 10.1. The number of nitrogens with one attached hydrogen (secondary N) is 2. The monoisotopic (exact) mass is 435 g/mol. The number of hydrogen-bond donors (Lipinski definition) is 2. The second-order valence-corrected chi connectivity index (χ2v) is 8.70. The maximum atomic E-state index is 12.8. The van der Waals surface area contributed by atoms with Gasteiger partial charge in [0.15, 0.2) is 5.11 Å². The maximum Gasteiger partial charge on any atom is 0.253 e. The van der Waals surface area contributed by atoms with E-state index in [4.69, 9.17) is 17.0 Å². The summed E-state index contributed by atoms with van der Waals surface area (Å²) in [6, 6.07) is 18.3. The molecule has 0 unspecified atom stereocenters. The van der Waals surface area contributed by atoms with Gasteiger partial charge >= 0.3 is 0 Å². The first-order valence-electron chi connectivity index (χ1n) is 10.8. The quantitative estimate of drug-likeness (QED) is 0.560. The first-order valence-corrected chi connectivity index (χ1v) is 11.2. The lowest BCUT2D eigenvalue weighted by Crippen LogP contribution is -2.44. The fourth-order valence-electron chi connectivity index (χ4n) is 4.05. The number of aryl methyl sites for hydroxylation is 1. The Balaban J connectivity index is 1.57.